The highest BCUT2D eigenvalue weighted by Crippen LogP contribution is 2.30. The minimum absolute atomic E-state index is 0.458. The Kier molecular flexibility index (Phi) is 3.05. The summed E-state index contributed by atoms with van der Waals surface area (Å²) >= 11 is 0. The largest absolute Gasteiger partial charge is 0.366 e. The lowest BCUT2D eigenvalue weighted by atomic mass is 10.2. The van der Waals surface area contributed by atoms with Crippen LogP contribution < -0.4 is 16.6 Å². The Morgan fingerprint density at radius 1 is 1.39 bits per heavy atom. The number of hydrogen-bond donors (Lipinski definition) is 3. The normalized spacial score (nSPS) is 24.2. The smallest absolute Gasteiger partial charge is 0.239 e. The molecular weight excluding hydrogens is 228 g/mol. The fourth-order valence-corrected chi connectivity index (χ4v) is 2.53. The SMILES string of the molecule is Cc1cnc(NN)nc1NC1CCN(C2CC2)C1. The molecule has 2 fully saturated rings. The summed E-state index contributed by atoms with van der Waals surface area (Å²) in [5.74, 6) is 6.68. The minimum Gasteiger partial charge on any atom is -0.366 e. The Morgan fingerprint density at radius 2 is 2.22 bits per heavy atom. The van der Waals surface area contributed by atoms with Gasteiger partial charge >= 0.3 is 0 Å². The van der Waals surface area contributed by atoms with Crippen LogP contribution in [-0.4, -0.2) is 40.0 Å². The summed E-state index contributed by atoms with van der Waals surface area (Å²) in [6.45, 7) is 4.34. The third-order valence-electron chi connectivity index (χ3n) is 3.72. The predicted octanol–water partition coefficient (Wildman–Crippen LogP) is 0.719. The zero-order valence-corrected chi connectivity index (χ0v) is 10.7. The molecule has 1 aliphatic heterocycles. The van der Waals surface area contributed by atoms with Crippen LogP contribution in [0.4, 0.5) is 11.8 Å². The van der Waals surface area contributed by atoms with Crippen LogP contribution in [0.1, 0.15) is 24.8 Å². The number of nitrogens with one attached hydrogen (secondary N) is 2. The van der Waals surface area contributed by atoms with Crippen molar-refractivity contribution in [3.63, 3.8) is 0 Å². The first-order valence-corrected chi connectivity index (χ1v) is 6.57. The van der Waals surface area contributed by atoms with Crippen molar-refractivity contribution in [2.24, 2.45) is 5.84 Å². The summed E-state index contributed by atoms with van der Waals surface area (Å²) in [5.41, 5.74) is 3.54. The van der Waals surface area contributed by atoms with Crippen molar-refractivity contribution in [1.29, 1.82) is 0 Å². The maximum absolute atomic E-state index is 5.34. The van der Waals surface area contributed by atoms with Crippen LogP contribution in [0.3, 0.4) is 0 Å². The van der Waals surface area contributed by atoms with Gasteiger partial charge in [0, 0.05) is 36.9 Å². The van der Waals surface area contributed by atoms with Crippen molar-refractivity contribution in [3.05, 3.63) is 11.8 Å². The molecule has 0 amide bonds. The van der Waals surface area contributed by atoms with Crippen LogP contribution in [0.2, 0.25) is 0 Å². The highest BCUT2D eigenvalue weighted by Gasteiger charge is 2.34. The second-order valence-corrected chi connectivity index (χ2v) is 5.23. The summed E-state index contributed by atoms with van der Waals surface area (Å²) < 4.78 is 0. The van der Waals surface area contributed by atoms with Crippen LogP contribution in [0.5, 0.6) is 0 Å². The Hall–Kier alpha value is -1.40. The Morgan fingerprint density at radius 3 is 2.94 bits per heavy atom. The lowest BCUT2D eigenvalue weighted by Crippen LogP contribution is -2.28. The molecule has 1 aromatic rings. The number of nitrogens with zero attached hydrogens (tertiary/aromatic N) is 3. The van der Waals surface area contributed by atoms with E-state index in [1.807, 2.05) is 6.92 Å². The van der Waals surface area contributed by atoms with Gasteiger partial charge < -0.3 is 5.32 Å². The number of nitrogens with two attached hydrogens (primary N) is 1. The molecule has 1 saturated heterocycles. The number of nitrogen functional groups attached to an aromatic ring is 1. The molecular formula is C12H20N6. The van der Waals surface area contributed by atoms with Gasteiger partial charge in [-0.3, -0.25) is 10.3 Å². The number of hydrazine groups is 1. The zero-order valence-electron chi connectivity index (χ0n) is 10.7. The number of aromatic nitrogens is 2. The zero-order chi connectivity index (χ0) is 12.5. The highest BCUT2D eigenvalue weighted by atomic mass is 15.3. The highest BCUT2D eigenvalue weighted by molar-refractivity contribution is 5.47. The van der Waals surface area contributed by atoms with Crippen LogP contribution in [0.25, 0.3) is 0 Å². The average molecular weight is 248 g/mol. The van der Waals surface area contributed by atoms with Crippen molar-refractivity contribution in [2.75, 3.05) is 23.8 Å². The van der Waals surface area contributed by atoms with E-state index in [0.29, 0.717) is 12.0 Å². The molecule has 4 N–H and O–H groups in total. The lowest BCUT2D eigenvalue weighted by Gasteiger charge is -2.17. The summed E-state index contributed by atoms with van der Waals surface area (Å²) in [4.78, 5) is 11.0. The number of anilines is 2. The van der Waals surface area contributed by atoms with E-state index in [4.69, 9.17) is 5.84 Å². The van der Waals surface area contributed by atoms with Crippen LogP contribution in [-0.2, 0) is 0 Å². The quantitative estimate of drug-likeness (QED) is 0.538. The van der Waals surface area contributed by atoms with Gasteiger partial charge in [0.25, 0.3) is 0 Å². The van der Waals surface area contributed by atoms with Gasteiger partial charge in [-0.1, -0.05) is 0 Å². The van der Waals surface area contributed by atoms with Crippen LogP contribution in [0.15, 0.2) is 6.20 Å². The molecule has 1 aromatic heterocycles. The van der Waals surface area contributed by atoms with Gasteiger partial charge in [-0.25, -0.2) is 10.8 Å². The first-order valence-electron chi connectivity index (χ1n) is 6.57. The van der Waals surface area contributed by atoms with E-state index in [9.17, 15) is 0 Å². The molecule has 3 rings (SSSR count). The van der Waals surface area contributed by atoms with E-state index in [0.717, 1.165) is 24.0 Å². The second kappa shape index (κ2) is 4.70. The third kappa shape index (κ3) is 2.39. The van der Waals surface area contributed by atoms with Gasteiger partial charge in [0.05, 0.1) is 0 Å². The van der Waals surface area contributed by atoms with E-state index in [-0.39, 0.29) is 0 Å². The molecule has 0 aromatic carbocycles. The maximum atomic E-state index is 5.34. The fourth-order valence-electron chi connectivity index (χ4n) is 2.53. The van der Waals surface area contributed by atoms with E-state index >= 15 is 0 Å². The molecule has 18 heavy (non-hydrogen) atoms. The van der Waals surface area contributed by atoms with Crippen molar-refractivity contribution in [1.82, 2.24) is 14.9 Å². The summed E-state index contributed by atoms with van der Waals surface area (Å²) in [7, 11) is 0. The summed E-state index contributed by atoms with van der Waals surface area (Å²) in [6.07, 6.45) is 5.73. The molecule has 0 spiro atoms. The molecule has 2 heterocycles. The average Bonchev–Trinajstić information content (AvgIpc) is 3.13. The van der Waals surface area contributed by atoms with E-state index in [1.165, 1.54) is 25.8 Å². The summed E-state index contributed by atoms with van der Waals surface area (Å²) in [6, 6.07) is 1.34. The van der Waals surface area contributed by atoms with Crippen molar-refractivity contribution >= 4 is 11.8 Å². The van der Waals surface area contributed by atoms with Gasteiger partial charge in [-0.05, 0) is 26.2 Å². The molecule has 98 valence electrons. The van der Waals surface area contributed by atoms with Gasteiger partial charge in [0.1, 0.15) is 5.82 Å². The second-order valence-electron chi connectivity index (χ2n) is 5.23. The van der Waals surface area contributed by atoms with Gasteiger partial charge in [0.15, 0.2) is 0 Å². The maximum Gasteiger partial charge on any atom is 0.239 e. The Bertz CT molecular complexity index is 431. The van der Waals surface area contributed by atoms with Crippen LogP contribution in [0, 0.1) is 6.92 Å². The molecule has 1 atom stereocenters. The minimum atomic E-state index is 0.458. The molecule has 6 heteroatoms. The monoisotopic (exact) mass is 248 g/mol. The van der Waals surface area contributed by atoms with Gasteiger partial charge in [-0.15, -0.1) is 0 Å². The van der Waals surface area contributed by atoms with Crippen molar-refractivity contribution in [3.8, 4) is 0 Å². The molecule has 1 saturated carbocycles. The number of hydrogen-bond acceptors (Lipinski definition) is 6. The van der Waals surface area contributed by atoms with Gasteiger partial charge in [-0.2, -0.15) is 4.98 Å². The molecule has 1 aliphatic carbocycles. The lowest BCUT2D eigenvalue weighted by molar-refractivity contribution is 0.326. The molecule has 6 nitrogen and oxygen atoms in total. The van der Waals surface area contributed by atoms with E-state index in [1.54, 1.807) is 6.20 Å². The third-order valence-corrected chi connectivity index (χ3v) is 3.72. The molecule has 2 aliphatic rings. The molecule has 0 radical (unpaired) electrons. The number of aryl methyl sites for hydroxylation is 1. The van der Waals surface area contributed by atoms with Gasteiger partial charge in [0.2, 0.25) is 5.95 Å². The number of rotatable bonds is 4. The first kappa shape index (κ1) is 11.7. The topological polar surface area (TPSA) is 79.1 Å². The van der Waals surface area contributed by atoms with E-state index < -0.39 is 0 Å². The van der Waals surface area contributed by atoms with Crippen molar-refractivity contribution < 1.29 is 0 Å². The standard InChI is InChI=1S/C12H20N6/c1-8-6-14-12(17-13)16-11(8)15-9-4-5-18(7-9)10-2-3-10/h6,9-10H,2-5,7,13H2,1H3,(H2,14,15,16,17). The number of likely N-dealkylation sites (tertiary alicyclic amines) is 1. The van der Waals surface area contributed by atoms with E-state index in [2.05, 4.69) is 25.6 Å². The van der Waals surface area contributed by atoms with Crippen LogP contribution >= 0.6 is 0 Å². The fraction of sp³-hybridized carbons (Fsp3) is 0.667. The Balaban J connectivity index is 1.65. The first-order chi connectivity index (χ1) is 8.76. The molecule has 0 bridgehead atoms. The Labute approximate surface area is 107 Å². The molecule has 1 unspecified atom stereocenters. The summed E-state index contributed by atoms with van der Waals surface area (Å²) in [5, 5.41) is 3.51. The predicted molar refractivity (Wildman–Crippen MR) is 71.2 cm³/mol. The van der Waals surface area contributed by atoms with Crippen molar-refractivity contribution in [2.45, 2.75) is 38.3 Å².